The van der Waals surface area contributed by atoms with Crippen LogP contribution < -0.4 is 0 Å². The Morgan fingerprint density at radius 2 is 2.00 bits per heavy atom. The summed E-state index contributed by atoms with van der Waals surface area (Å²) < 4.78 is 0. The summed E-state index contributed by atoms with van der Waals surface area (Å²) in [6.07, 6.45) is 2.69. The maximum atomic E-state index is 11.0. The molecule has 1 aromatic heterocycles. The van der Waals surface area contributed by atoms with Gasteiger partial charge in [0, 0.05) is 15.8 Å². The van der Waals surface area contributed by atoms with Crippen molar-refractivity contribution in [2.24, 2.45) is 11.8 Å². The fourth-order valence-corrected chi connectivity index (χ4v) is 4.81. The molecule has 5 heteroatoms. The van der Waals surface area contributed by atoms with E-state index < -0.39 is 12.1 Å². The summed E-state index contributed by atoms with van der Waals surface area (Å²) >= 11 is 7.80. The van der Waals surface area contributed by atoms with E-state index in [1.807, 2.05) is 36.4 Å². The maximum absolute atomic E-state index is 11.0. The Morgan fingerprint density at radius 3 is 2.69 bits per heavy atom. The maximum Gasteiger partial charge on any atom is 0.345 e. The number of hydrogen-bond acceptors (Lipinski definition) is 3. The van der Waals surface area contributed by atoms with Crippen molar-refractivity contribution in [2.45, 2.75) is 37.2 Å². The van der Waals surface area contributed by atoms with E-state index in [2.05, 4.69) is 11.8 Å². The van der Waals surface area contributed by atoms with E-state index in [4.69, 9.17) is 16.7 Å². The minimum atomic E-state index is -0.878. The Kier molecular flexibility index (Phi) is 6.37. The van der Waals surface area contributed by atoms with Gasteiger partial charge >= 0.3 is 5.97 Å². The smallest absolute Gasteiger partial charge is 0.345 e. The second kappa shape index (κ2) is 8.73. The number of benzene rings is 1. The number of carboxylic acids is 1. The molecule has 1 saturated carbocycles. The van der Waals surface area contributed by atoms with Crippen molar-refractivity contribution >= 4 is 28.9 Å². The van der Waals surface area contributed by atoms with Crippen LogP contribution in [0.4, 0.5) is 0 Å². The average molecular weight is 389 g/mol. The van der Waals surface area contributed by atoms with Crippen molar-refractivity contribution in [1.29, 1.82) is 0 Å². The quantitative estimate of drug-likeness (QED) is 0.588. The number of hydrogen-bond donors (Lipinski definition) is 2. The minimum Gasteiger partial charge on any atom is -0.477 e. The highest BCUT2D eigenvalue weighted by molar-refractivity contribution is 7.13. The zero-order valence-electron chi connectivity index (χ0n) is 14.3. The molecule has 0 bridgehead atoms. The predicted octanol–water partition coefficient (Wildman–Crippen LogP) is 4.43. The van der Waals surface area contributed by atoms with Gasteiger partial charge < -0.3 is 10.2 Å². The van der Waals surface area contributed by atoms with Crippen LogP contribution in [0.3, 0.4) is 0 Å². The molecule has 0 saturated heterocycles. The first-order valence-corrected chi connectivity index (χ1v) is 10.0. The lowest BCUT2D eigenvalue weighted by Gasteiger charge is -2.18. The molecule has 0 aliphatic heterocycles. The first-order chi connectivity index (χ1) is 12.5. The van der Waals surface area contributed by atoms with Crippen molar-refractivity contribution in [3.8, 4) is 11.8 Å². The number of aryl methyl sites for hydroxylation is 1. The third kappa shape index (κ3) is 4.67. The van der Waals surface area contributed by atoms with Gasteiger partial charge in [0.05, 0.1) is 12.0 Å². The fourth-order valence-electron chi connectivity index (χ4n) is 3.45. The van der Waals surface area contributed by atoms with Gasteiger partial charge in [-0.2, -0.15) is 0 Å². The molecular formula is C21H21ClO3S. The second-order valence-electron chi connectivity index (χ2n) is 6.61. The molecule has 0 amide bonds. The van der Waals surface area contributed by atoms with E-state index >= 15 is 0 Å². The number of aromatic carboxylic acids is 1. The highest BCUT2D eigenvalue weighted by Crippen LogP contribution is 2.39. The molecule has 1 aliphatic carbocycles. The molecular weight excluding hydrogens is 368 g/mol. The van der Waals surface area contributed by atoms with Crippen molar-refractivity contribution in [3.63, 3.8) is 0 Å². The van der Waals surface area contributed by atoms with Crippen LogP contribution in [0.1, 0.15) is 39.4 Å². The number of alkyl halides is 1. The Labute approximate surface area is 162 Å². The Bertz CT molecular complexity index is 805. The number of aliphatic hydroxyl groups excluding tert-OH is 1. The molecule has 26 heavy (non-hydrogen) atoms. The number of halogens is 1. The minimum absolute atomic E-state index is 0.0713. The van der Waals surface area contributed by atoms with E-state index in [1.54, 1.807) is 6.07 Å². The first kappa shape index (κ1) is 19.0. The number of carboxylic acid groups (broad SMARTS) is 1. The van der Waals surface area contributed by atoms with E-state index in [9.17, 15) is 9.90 Å². The Hall–Kier alpha value is -1.80. The SMILES string of the molecule is O=C(O)c1ccc(CCC[C@@H]2[C@@H](C#Cc3ccccc3)[C@H](O)C[C@@H]2Cl)s1. The molecule has 0 radical (unpaired) electrons. The molecule has 0 unspecified atom stereocenters. The summed E-state index contributed by atoms with van der Waals surface area (Å²) in [6.45, 7) is 0. The number of rotatable bonds is 5. The number of thiophene rings is 1. The molecule has 2 aromatic rings. The average Bonchev–Trinajstić information content (AvgIpc) is 3.19. The zero-order valence-corrected chi connectivity index (χ0v) is 15.8. The van der Waals surface area contributed by atoms with E-state index in [-0.39, 0.29) is 17.2 Å². The summed E-state index contributed by atoms with van der Waals surface area (Å²) in [5.41, 5.74) is 0.941. The molecule has 3 rings (SSSR count). The lowest BCUT2D eigenvalue weighted by molar-refractivity contribution is 0.0702. The first-order valence-electron chi connectivity index (χ1n) is 8.75. The third-order valence-electron chi connectivity index (χ3n) is 4.80. The molecule has 3 nitrogen and oxygen atoms in total. The highest BCUT2D eigenvalue weighted by Gasteiger charge is 2.40. The van der Waals surface area contributed by atoms with Crippen LogP contribution in [-0.4, -0.2) is 27.7 Å². The number of carbonyl (C=O) groups is 1. The molecule has 1 fully saturated rings. The van der Waals surface area contributed by atoms with Gasteiger partial charge in [0.25, 0.3) is 0 Å². The summed E-state index contributed by atoms with van der Waals surface area (Å²) in [7, 11) is 0. The molecule has 136 valence electrons. The van der Waals surface area contributed by atoms with E-state index in [1.165, 1.54) is 11.3 Å². The summed E-state index contributed by atoms with van der Waals surface area (Å²) in [4.78, 5) is 12.4. The van der Waals surface area contributed by atoms with Crippen LogP contribution in [0.2, 0.25) is 0 Å². The van der Waals surface area contributed by atoms with Gasteiger partial charge in [-0.05, 0) is 55.9 Å². The van der Waals surface area contributed by atoms with Crippen LogP contribution in [0.25, 0.3) is 0 Å². The summed E-state index contributed by atoms with van der Waals surface area (Å²) in [5, 5.41) is 19.3. The standard InChI is InChI=1S/C21H21ClO3S/c22-18-13-19(23)17(11-9-14-5-2-1-3-6-14)16(18)8-4-7-15-10-12-20(26-15)21(24)25/h1-3,5-6,10,12,16-19,23H,4,7-8,13H2,(H,24,25)/t16-,17-,18+,19-/m1/s1. The number of aliphatic hydroxyl groups is 1. The molecule has 4 atom stereocenters. The summed E-state index contributed by atoms with van der Waals surface area (Å²) in [6, 6.07) is 13.3. The van der Waals surface area contributed by atoms with Gasteiger partial charge in [-0.25, -0.2) is 4.79 Å². The van der Waals surface area contributed by atoms with Gasteiger partial charge in [0.2, 0.25) is 0 Å². The highest BCUT2D eigenvalue weighted by atomic mass is 35.5. The predicted molar refractivity (Wildman–Crippen MR) is 105 cm³/mol. The normalized spacial score (nSPS) is 24.8. The second-order valence-corrected chi connectivity index (χ2v) is 8.34. The molecule has 1 aliphatic rings. The van der Waals surface area contributed by atoms with Gasteiger partial charge in [0.1, 0.15) is 4.88 Å². The fraction of sp³-hybridized carbons (Fsp3) is 0.381. The Balaban J connectivity index is 1.61. The lowest BCUT2D eigenvalue weighted by Crippen LogP contribution is -2.19. The third-order valence-corrected chi connectivity index (χ3v) is 6.43. The summed E-state index contributed by atoms with van der Waals surface area (Å²) in [5.74, 6) is 5.56. The van der Waals surface area contributed by atoms with Crippen molar-refractivity contribution in [2.75, 3.05) is 0 Å². The largest absolute Gasteiger partial charge is 0.477 e. The van der Waals surface area contributed by atoms with Gasteiger partial charge in [0.15, 0.2) is 0 Å². The van der Waals surface area contributed by atoms with E-state index in [0.29, 0.717) is 11.3 Å². The topological polar surface area (TPSA) is 57.5 Å². The van der Waals surface area contributed by atoms with Crippen LogP contribution in [0.5, 0.6) is 0 Å². The monoisotopic (exact) mass is 388 g/mol. The molecule has 1 heterocycles. The molecule has 0 spiro atoms. The Morgan fingerprint density at radius 1 is 1.23 bits per heavy atom. The van der Waals surface area contributed by atoms with Crippen LogP contribution in [0.15, 0.2) is 42.5 Å². The van der Waals surface area contributed by atoms with Crippen molar-refractivity contribution in [1.82, 2.24) is 0 Å². The van der Waals surface area contributed by atoms with Gasteiger partial charge in [-0.15, -0.1) is 22.9 Å². The van der Waals surface area contributed by atoms with Crippen molar-refractivity contribution in [3.05, 3.63) is 57.8 Å². The van der Waals surface area contributed by atoms with Crippen LogP contribution >= 0.6 is 22.9 Å². The zero-order chi connectivity index (χ0) is 18.5. The van der Waals surface area contributed by atoms with Gasteiger partial charge in [-0.1, -0.05) is 30.0 Å². The lowest BCUT2D eigenvalue weighted by atomic mass is 9.90. The van der Waals surface area contributed by atoms with Gasteiger partial charge in [-0.3, -0.25) is 0 Å². The van der Waals surface area contributed by atoms with Crippen LogP contribution in [-0.2, 0) is 6.42 Å². The van der Waals surface area contributed by atoms with E-state index in [0.717, 1.165) is 29.7 Å². The van der Waals surface area contributed by atoms with Crippen LogP contribution in [0, 0.1) is 23.7 Å². The molecule has 2 N–H and O–H groups in total. The molecule has 1 aromatic carbocycles. The van der Waals surface area contributed by atoms with Crippen molar-refractivity contribution < 1.29 is 15.0 Å².